The maximum Gasteiger partial charge on any atom is 0.334 e. The standard InChI is InChI=1S/C19H17N5O3S/c25-16-10-15(22-17(26)11-28-18-20-8-9-21-18)24(19(27)23-16)14-7-3-5-12-4-1-2-6-13(12)14/h1-7,10H,8-9,11H2,(H,20,21)(H,22,26)(H,23,25,27). The number of nitrogens with zero attached hydrogens (tertiary/aromatic N) is 2. The van der Waals surface area contributed by atoms with Crippen LogP contribution in [-0.4, -0.2) is 39.5 Å². The monoisotopic (exact) mass is 395 g/mol. The predicted octanol–water partition coefficient (Wildman–Crippen LogP) is 1.31. The Labute approximate surface area is 163 Å². The Hall–Kier alpha value is -3.33. The molecule has 9 heteroatoms. The second-order valence-electron chi connectivity index (χ2n) is 6.11. The Morgan fingerprint density at radius 1 is 1.18 bits per heavy atom. The van der Waals surface area contributed by atoms with E-state index >= 15 is 0 Å². The number of fused-ring (bicyclic) bond motifs is 1. The smallest absolute Gasteiger partial charge is 0.334 e. The Bertz CT molecular complexity index is 1190. The Morgan fingerprint density at radius 2 is 2.00 bits per heavy atom. The fourth-order valence-corrected chi connectivity index (χ4v) is 3.74. The second-order valence-corrected chi connectivity index (χ2v) is 7.07. The van der Waals surface area contributed by atoms with Crippen LogP contribution in [0.3, 0.4) is 0 Å². The number of rotatable bonds is 4. The summed E-state index contributed by atoms with van der Waals surface area (Å²) in [6, 6.07) is 14.3. The minimum absolute atomic E-state index is 0.113. The van der Waals surface area contributed by atoms with Crippen molar-refractivity contribution in [2.24, 2.45) is 4.99 Å². The van der Waals surface area contributed by atoms with Gasteiger partial charge in [-0.1, -0.05) is 48.2 Å². The molecule has 0 spiro atoms. The highest BCUT2D eigenvalue weighted by Crippen LogP contribution is 2.23. The van der Waals surface area contributed by atoms with Gasteiger partial charge in [0.05, 0.1) is 18.0 Å². The van der Waals surface area contributed by atoms with Crippen molar-refractivity contribution >= 4 is 39.4 Å². The fourth-order valence-electron chi connectivity index (χ4n) is 3.02. The summed E-state index contributed by atoms with van der Waals surface area (Å²) < 4.78 is 1.30. The maximum atomic E-state index is 12.6. The van der Waals surface area contributed by atoms with Crippen LogP contribution in [0.25, 0.3) is 16.5 Å². The molecular weight excluding hydrogens is 378 g/mol. The van der Waals surface area contributed by atoms with Crippen molar-refractivity contribution in [3.05, 3.63) is 69.4 Å². The quantitative estimate of drug-likeness (QED) is 0.617. The van der Waals surface area contributed by atoms with E-state index in [0.717, 1.165) is 17.3 Å². The van der Waals surface area contributed by atoms with Gasteiger partial charge < -0.3 is 10.6 Å². The Balaban J connectivity index is 1.71. The summed E-state index contributed by atoms with van der Waals surface area (Å²) in [4.78, 5) is 43.3. The van der Waals surface area contributed by atoms with Gasteiger partial charge in [-0.15, -0.1) is 0 Å². The van der Waals surface area contributed by atoms with Gasteiger partial charge in [0.15, 0.2) is 5.17 Å². The molecule has 0 bridgehead atoms. The van der Waals surface area contributed by atoms with Crippen LogP contribution < -0.4 is 21.9 Å². The van der Waals surface area contributed by atoms with Gasteiger partial charge in [-0.3, -0.25) is 19.6 Å². The minimum Gasteiger partial charge on any atom is -0.363 e. The van der Waals surface area contributed by atoms with Gasteiger partial charge >= 0.3 is 5.69 Å². The number of benzene rings is 2. The van der Waals surface area contributed by atoms with Crippen LogP contribution in [0.15, 0.2) is 63.1 Å². The number of aromatic amines is 1. The SMILES string of the molecule is O=C(CSC1=NCCN1)Nc1cc(=O)[nH]c(=O)n1-c1cccc2ccccc12. The number of H-pyrrole nitrogens is 1. The van der Waals surface area contributed by atoms with E-state index in [2.05, 4.69) is 20.6 Å². The summed E-state index contributed by atoms with van der Waals surface area (Å²) in [6.07, 6.45) is 0. The number of anilines is 1. The summed E-state index contributed by atoms with van der Waals surface area (Å²) in [5, 5.41) is 8.24. The van der Waals surface area contributed by atoms with Gasteiger partial charge in [-0.2, -0.15) is 0 Å². The summed E-state index contributed by atoms with van der Waals surface area (Å²) >= 11 is 1.28. The average molecular weight is 395 g/mol. The lowest BCUT2D eigenvalue weighted by Gasteiger charge is -2.15. The number of carbonyl (C=O) groups is 1. The summed E-state index contributed by atoms with van der Waals surface area (Å²) in [7, 11) is 0. The van der Waals surface area contributed by atoms with E-state index in [0.29, 0.717) is 17.4 Å². The van der Waals surface area contributed by atoms with Crippen LogP contribution in [0.5, 0.6) is 0 Å². The molecule has 0 saturated carbocycles. The zero-order valence-electron chi connectivity index (χ0n) is 14.8. The number of amidine groups is 1. The molecule has 0 radical (unpaired) electrons. The highest BCUT2D eigenvalue weighted by Gasteiger charge is 2.15. The molecule has 1 aromatic heterocycles. The van der Waals surface area contributed by atoms with Gasteiger partial charge in [0, 0.05) is 18.0 Å². The van der Waals surface area contributed by atoms with Crippen LogP contribution in [0.2, 0.25) is 0 Å². The topological polar surface area (TPSA) is 108 Å². The van der Waals surface area contributed by atoms with E-state index in [1.54, 1.807) is 6.07 Å². The summed E-state index contributed by atoms with van der Waals surface area (Å²) in [5.74, 6) is -0.0973. The molecule has 142 valence electrons. The molecule has 1 aliphatic heterocycles. The molecule has 3 N–H and O–H groups in total. The van der Waals surface area contributed by atoms with Gasteiger partial charge in [0.2, 0.25) is 5.91 Å². The number of amides is 1. The van der Waals surface area contributed by atoms with E-state index in [1.165, 1.54) is 22.4 Å². The molecular formula is C19H17N5O3S. The number of hydrogen-bond donors (Lipinski definition) is 3. The molecule has 2 aromatic carbocycles. The molecule has 0 fully saturated rings. The van der Waals surface area contributed by atoms with Crippen LogP contribution in [0.4, 0.5) is 5.82 Å². The predicted molar refractivity (Wildman–Crippen MR) is 112 cm³/mol. The van der Waals surface area contributed by atoms with Crippen molar-refractivity contribution < 1.29 is 4.79 Å². The van der Waals surface area contributed by atoms with Gasteiger partial charge in [-0.25, -0.2) is 9.36 Å². The highest BCUT2D eigenvalue weighted by molar-refractivity contribution is 8.14. The van der Waals surface area contributed by atoms with Gasteiger partial charge in [0.25, 0.3) is 5.56 Å². The van der Waals surface area contributed by atoms with Crippen molar-refractivity contribution in [2.45, 2.75) is 0 Å². The lowest BCUT2D eigenvalue weighted by molar-refractivity contribution is -0.113. The number of aliphatic imine (C=N–C) groups is 1. The molecule has 0 atom stereocenters. The van der Waals surface area contributed by atoms with Crippen LogP contribution in [0.1, 0.15) is 0 Å². The number of nitrogens with one attached hydrogen (secondary N) is 3. The molecule has 4 rings (SSSR count). The summed E-state index contributed by atoms with van der Waals surface area (Å²) in [5.41, 5.74) is -0.621. The third-order valence-corrected chi connectivity index (χ3v) is 5.15. The average Bonchev–Trinajstić information content (AvgIpc) is 3.20. The Morgan fingerprint density at radius 3 is 2.82 bits per heavy atom. The number of thioether (sulfide) groups is 1. The third-order valence-electron chi connectivity index (χ3n) is 4.20. The fraction of sp³-hybridized carbons (Fsp3) is 0.158. The molecule has 8 nitrogen and oxygen atoms in total. The van der Waals surface area contributed by atoms with Crippen molar-refractivity contribution in [1.82, 2.24) is 14.9 Å². The first-order valence-corrected chi connectivity index (χ1v) is 9.66. The molecule has 0 aliphatic carbocycles. The first kappa shape index (κ1) is 18.1. The van der Waals surface area contributed by atoms with Crippen molar-refractivity contribution in [2.75, 3.05) is 24.2 Å². The first-order chi connectivity index (χ1) is 13.6. The van der Waals surface area contributed by atoms with Crippen molar-refractivity contribution in [3.8, 4) is 5.69 Å². The molecule has 0 saturated heterocycles. The molecule has 0 unspecified atom stereocenters. The van der Waals surface area contributed by atoms with Crippen molar-refractivity contribution in [1.29, 1.82) is 0 Å². The van der Waals surface area contributed by atoms with Crippen molar-refractivity contribution in [3.63, 3.8) is 0 Å². The lowest BCUT2D eigenvalue weighted by atomic mass is 10.1. The number of hydrogen-bond acceptors (Lipinski definition) is 6. The van der Waals surface area contributed by atoms with Crippen LogP contribution >= 0.6 is 11.8 Å². The Kier molecular flexibility index (Phi) is 4.98. The van der Waals surface area contributed by atoms with Crippen LogP contribution in [-0.2, 0) is 4.79 Å². The van der Waals surface area contributed by atoms with E-state index in [9.17, 15) is 14.4 Å². The van der Waals surface area contributed by atoms with Crippen LogP contribution in [0, 0.1) is 0 Å². The largest absolute Gasteiger partial charge is 0.363 e. The van der Waals surface area contributed by atoms with E-state index in [1.807, 2.05) is 36.4 Å². The molecule has 1 aliphatic rings. The highest BCUT2D eigenvalue weighted by atomic mass is 32.2. The molecule has 1 amide bonds. The normalized spacial score (nSPS) is 13.2. The summed E-state index contributed by atoms with van der Waals surface area (Å²) in [6.45, 7) is 1.46. The minimum atomic E-state index is -0.617. The maximum absolute atomic E-state index is 12.6. The molecule has 28 heavy (non-hydrogen) atoms. The number of aromatic nitrogens is 2. The van der Waals surface area contributed by atoms with E-state index in [4.69, 9.17) is 0 Å². The van der Waals surface area contributed by atoms with Gasteiger partial charge in [0.1, 0.15) is 5.82 Å². The molecule has 2 heterocycles. The van der Waals surface area contributed by atoms with Gasteiger partial charge in [-0.05, 0) is 11.5 Å². The second kappa shape index (κ2) is 7.73. The number of carbonyl (C=O) groups excluding carboxylic acids is 1. The third kappa shape index (κ3) is 3.70. The zero-order chi connectivity index (χ0) is 19.5. The lowest BCUT2D eigenvalue weighted by Crippen LogP contribution is -2.32. The molecule has 3 aromatic rings. The van der Waals surface area contributed by atoms with E-state index < -0.39 is 11.2 Å². The zero-order valence-corrected chi connectivity index (χ0v) is 15.6. The first-order valence-electron chi connectivity index (χ1n) is 8.67. The van der Waals surface area contributed by atoms with E-state index in [-0.39, 0.29) is 17.5 Å².